The van der Waals surface area contributed by atoms with Crippen molar-refractivity contribution in [1.29, 1.82) is 0 Å². The molecule has 2 aliphatic rings. The first kappa shape index (κ1) is 16.9. The molecule has 0 bridgehead atoms. The van der Waals surface area contributed by atoms with Crippen molar-refractivity contribution in [2.24, 2.45) is 0 Å². The Hall–Kier alpha value is -3.55. The van der Waals surface area contributed by atoms with Crippen LogP contribution in [-0.4, -0.2) is 37.5 Å². The number of carbonyl (C=O) groups is 3. The molecule has 2 heterocycles. The molecule has 0 aromatic heterocycles. The lowest BCUT2D eigenvalue weighted by Crippen LogP contribution is -2.43. The van der Waals surface area contributed by atoms with E-state index in [0.717, 1.165) is 0 Å². The molecule has 2 amide bonds. The minimum atomic E-state index is -0.443. The lowest BCUT2D eigenvalue weighted by Gasteiger charge is -2.28. The van der Waals surface area contributed by atoms with E-state index in [-0.39, 0.29) is 31.6 Å². The number of ketones is 1. The molecule has 0 saturated heterocycles. The molecule has 0 spiro atoms. The van der Waals surface area contributed by atoms with Crippen LogP contribution in [-0.2, 0) is 9.59 Å². The maximum atomic E-state index is 12.6. The van der Waals surface area contributed by atoms with Crippen molar-refractivity contribution in [2.75, 3.05) is 30.2 Å². The Morgan fingerprint density at radius 3 is 2.59 bits per heavy atom. The molecule has 0 saturated carbocycles. The average Bonchev–Trinajstić information content (AvgIpc) is 3.10. The van der Waals surface area contributed by atoms with Gasteiger partial charge in [0, 0.05) is 11.6 Å². The van der Waals surface area contributed by atoms with Gasteiger partial charge >= 0.3 is 0 Å². The van der Waals surface area contributed by atoms with Crippen molar-refractivity contribution in [3.05, 3.63) is 42.0 Å². The number of ether oxygens (including phenoxy) is 3. The van der Waals surface area contributed by atoms with E-state index >= 15 is 0 Å². The number of anilines is 2. The van der Waals surface area contributed by atoms with Crippen LogP contribution in [0.4, 0.5) is 11.4 Å². The number of para-hydroxylation sites is 2. The van der Waals surface area contributed by atoms with Crippen molar-refractivity contribution >= 4 is 29.0 Å². The fourth-order valence-electron chi connectivity index (χ4n) is 3.00. The summed E-state index contributed by atoms with van der Waals surface area (Å²) in [6, 6.07) is 10.1. The van der Waals surface area contributed by atoms with Crippen LogP contribution < -0.4 is 24.4 Å². The summed E-state index contributed by atoms with van der Waals surface area (Å²) in [6.45, 7) is 1.12. The summed E-state index contributed by atoms with van der Waals surface area (Å²) in [5.74, 6) is 0.454. The molecule has 27 heavy (non-hydrogen) atoms. The highest BCUT2D eigenvalue weighted by atomic mass is 16.7. The summed E-state index contributed by atoms with van der Waals surface area (Å²) in [4.78, 5) is 38.1. The molecule has 0 unspecified atom stereocenters. The highest BCUT2D eigenvalue weighted by Crippen LogP contribution is 2.37. The Balaban J connectivity index is 1.57. The van der Waals surface area contributed by atoms with Crippen LogP contribution in [0.2, 0.25) is 0 Å². The molecule has 1 N–H and O–H groups in total. The zero-order valence-corrected chi connectivity index (χ0v) is 14.5. The lowest BCUT2D eigenvalue weighted by atomic mass is 10.1. The molecular weight excluding hydrogens is 352 g/mol. The van der Waals surface area contributed by atoms with Crippen LogP contribution in [0.3, 0.4) is 0 Å². The van der Waals surface area contributed by atoms with E-state index in [2.05, 4.69) is 5.32 Å². The Kier molecular flexibility index (Phi) is 4.15. The van der Waals surface area contributed by atoms with Gasteiger partial charge in [0.2, 0.25) is 12.7 Å². The van der Waals surface area contributed by atoms with E-state index in [1.807, 2.05) is 0 Å². The summed E-state index contributed by atoms with van der Waals surface area (Å²) >= 11 is 0. The monoisotopic (exact) mass is 368 g/mol. The molecule has 2 aliphatic heterocycles. The maximum absolute atomic E-state index is 12.6. The minimum Gasteiger partial charge on any atom is -0.482 e. The predicted octanol–water partition coefficient (Wildman–Crippen LogP) is 1.98. The summed E-state index contributed by atoms with van der Waals surface area (Å²) in [6.07, 6.45) is 0. The Morgan fingerprint density at radius 1 is 1.07 bits per heavy atom. The quantitative estimate of drug-likeness (QED) is 0.830. The third-order valence-electron chi connectivity index (χ3n) is 4.28. The van der Waals surface area contributed by atoms with Crippen LogP contribution in [0.1, 0.15) is 17.3 Å². The predicted molar refractivity (Wildman–Crippen MR) is 95.5 cm³/mol. The molecule has 0 aliphatic carbocycles. The molecule has 8 nitrogen and oxygen atoms in total. The molecule has 0 fully saturated rings. The first-order valence-corrected chi connectivity index (χ1v) is 8.29. The number of rotatable bonds is 4. The summed E-state index contributed by atoms with van der Waals surface area (Å²) in [7, 11) is 0. The van der Waals surface area contributed by atoms with E-state index in [4.69, 9.17) is 14.2 Å². The average molecular weight is 368 g/mol. The van der Waals surface area contributed by atoms with Gasteiger partial charge in [0.15, 0.2) is 23.9 Å². The van der Waals surface area contributed by atoms with Crippen LogP contribution in [0.5, 0.6) is 17.2 Å². The van der Waals surface area contributed by atoms with Gasteiger partial charge in [-0.05, 0) is 25.1 Å². The van der Waals surface area contributed by atoms with Gasteiger partial charge in [-0.15, -0.1) is 0 Å². The topological polar surface area (TPSA) is 94.2 Å². The maximum Gasteiger partial charge on any atom is 0.265 e. The van der Waals surface area contributed by atoms with Gasteiger partial charge < -0.3 is 19.5 Å². The number of nitrogens with one attached hydrogen (secondary N) is 1. The first-order valence-electron chi connectivity index (χ1n) is 8.29. The van der Waals surface area contributed by atoms with E-state index < -0.39 is 5.91 Å². The zero-order chi connectivity index (χ0) is 19.0. The van der Waals surface area contributed by atoms with E-state index in [1.54, 1.807) is 30.3 Å². The van der Waals surface area contributed by atoms with Crippen LogP contribution in [0.25, 0.3) is 0 Å². The number of hydrogen-bond acceptors (Lipinski definition) is 6. The molecule has 0 atom stereocenters. The standard InChI is InChI=1S/C19H16N2O6/c1-11(22)12-6-16-17(27-10-26-16)7-13(12)20-18(23)8-21-14-4-2-3-5-15(14)25-9-19(21)24/h2-7H,8-10H2,1H3,(H,20,23). The number of amides is 2. The van der Waals surface area contributed by atoms with Gasteiger partial charge in [-0.25, -0.2) is 0 Å². The zero-order valence-electron chi connectivity index (χ0n) is 14.5. The third kappa shape index (κ3) is 3.17. The lowest BCUT2D eigenvalue weighted by molar-refractivity contribution is -0.123. The number of carbonyl (C=O) groups excluding carboxylic acids is 3. The SMILES string of the molecule is CC(=O)c1cc2c(cc1NC(=O)CN1C(=O)COc3ccccc31)OCO2. The summed E-state index contributed by atoms with van der Waals surface area (Å²) in [5, 5.41) is 2.69. The van der Waals surface area contributed by atoms with Crippen LogP contribution in [0, 0.1) is 0 Å². The third-order valence-corrected chi connectivity index (χ3v) is 4.28. The molecular formula is C19H16N2O6. The summed E-state index contributed by atoms with van der Waals surface area (Å²) in [5.41, 5.74) is 1.15. The van der Waals surface area contributed by atoms with Crippen LogP contribution in [0.15, 0.2) is 36.4 Å². The van der Waals surface area contributed by atoms with Crippen molar-refractivity contribution < 1.29 is 28.6 Å². The van der Waals surface area contributed by atoms with Gasteiger partial charge in [-0.3, -0.25) is 19.3 Å². The molecule has 4 rings (SSSR count). The summed E-state index contributed by atoms with van der Waals surface area (Å²) < 4.78 is 15.9. The van der Waals surface area contributed by atoms with Gasteiger partial charge in [0.25, 0.3) is 5.91 Å². The second kappa shape index (κ2) is 6.64. The van der Waals surface area contributed by atoms with Gasteiger partial charge in [-0.2, -0.15) is 0 Å². The number of Topliss-reactive ketones (excluding diaryl/α,β-unsaturated/α-hetero) is 1. The second-order valence-corrected chi connectivity index (χ2v) is 6.09. The smallest absolute Gasteiger partial charge is 0.265 e. The Morgan fingerprint density at radius 2 is 1.81 bits per heavy atom. The van der Waals surface area contributed by atoms with E-state index in [9.17, 15) is 14.4 Å². The van der Waals surface area contributed by atoms with Crippen molar-refractivity contribution in [1.82, 2.24) is 0 Å². The fraction of sp³-hybridized carbons (Fsp3) is 0.211. The molecule has 2 aromatic rings. The Labute approximate surface area is 154 Å². The van der Waals surface area contributed by atoms with Crippen molar-refractivity contribution in [3.63, 3.8) is 0 Å². The number of fused-ring (bicyclic) bond motifs is 2. The van der Waals surface area contributed by atoms with Crippen LogP contribution >= 0.6 is 0 Å². The van der Waals surface area contributed by atoms with Gasteiger partial charge in [-0.1, -0.05) is 12.1 Å². The molecule has 138 valence electrons. The Bertz CT molecular complexity index is 955. The van der Waals surface area contributed by atoms with E-state index in [0.29, 0.717) is 34.2 Å². The fourth-order valence-corrected chi connectivity index (χ4v) is 3.00. The highest BCUT2D eigenvalue weighted by molar-refractivity contribution is 6.08. The normalized spacial score (nSPS) is 14.4. The molecule has 2 aromatic carbocycles. The molecule has 8 heteroatoms. The largest absolute Gasteiger partial charge is 0.482 e. The first-order chi connectivity index (χ1) is 13.0. The number of nitrogens with zero attached hydrogens (tertiary/aromatic N) is 1. The molecule has 0 radical (unpaired) electrons. The van der Waals surface area contributed by atoms with Gasteiger partial charge in [0.1, 0.15) is 12.3 Å². The number of hydrogen-bond donors (Lipinski definition) is 1. The van der Waals surface area contributed by atoms with E-state index in [1.165, 1.54) is 17.9 Å². The minimum absolute atomic E-state index is 0.0587. The van der Waals surface area contributed by atoms with Gasteiger partial charge in [0.05, 0.1) is 11.4 Å². The second-order valence-electron chi connectivity index (χ2n) is 6.09. The highest BCUT2D eigenvalue weighted by Gasteiger charge is 2.28. The van der Waals surface area contributed by atoms with Crippen molar-refractivity contribution in [2.45, 2.75) is 6.92 Å². The van der Waals surface area contributed by atoms with Crippen molar-refractivity contribution in [3.8, 4) is 17.2 Å². The number of benzene rings is 2.